The second-order valence-electron chi connectivity index (χ2n) is 3.78. The van der Waals surface area contributed by atoms with Crippen molar-refractivity contribution in [2.75, 3.05) is 7.11 Å². The van der Waals surface area contributed by atoms with Crippen LogP contribution in [0.5, 0.6) is 0 Å². The molecule has 0 saturated carbocycles. The van der Waals surface area contributed by atoms with Crippen molar-refractivity contribution in [2.45, 2.75) is 12.5 Å². The number of aromatic amines is 1. The van der Waals surface area contributed by atoms with Gasteiger partial charge in [-0.05, 0) is 11.6 Å². The molecule has 0 amide bonds. The van der Waals surface area contributed by atoms with E-state index in [1.54, 1.807) is 0 Å². The summed E-state index contributed by atoms with van der Waals surface area (Å²) in [6.07, 6.45) is 2.52. The maximum absolute atomic E-state index is 11.3. The molecule has 0 aliphatic rings. The number of ether oxygens (including phenoxy) is 1. The number of carbonyl (C=O) groups is 1. The SMILES string of the molecule is COC(=O)[C@H]([NH3+])Cc1c[nH]c2ccccc12. The Bertz CT molecular complexity index is 504. The number of hydrogen-bond acceptors (Lipinski definition) is 2. The van der Waals surface area contributed by atoms with Crippen LogP contribution in [0.1, 0.15) is 5.56 Å². The molecule has 0 aliphatic heterocycles. The molecule has 2 rings (SSSR count). The lowest BCUT2D eigenvalue weighted by Crippen LogP contribution is -2.66. The number of benzene rings is 1. The van der Waals surface area contributed by atoms with E-state index in [-0.39, 0.29) is 12.0 Å². The van der Waals surface area contributed by atoms with Gasteiger partial charge in [-0.25, -0.2) is 4.79 Å². The molecule has 0 aliphatic carbocycles. The summed E-state index contributed by atoms with van der Waals surface area (Å²) in [5, 5.41) is 1.14. The fourth-order valence-electron chi connectivity index (χ4n) is 1.82. The summed E-state index contributed by atoms with van der Waals surface area (Å²) >= 11 is 0. The van der Waals surface area contributed by atoms with Gasteiger partial charge in [-0.15, -0.1) is 0 Å². The van der Waals surface area contributed by atoms with Gasteiger partial charge in [0.1, 0.15) is 0 Å². The van der Waals surface area contributed by atoms with Crippen LogP contribution in [0, 0.1) is 0 Å². The molecule has 4 nitrogen and oxygen atoms in total. The maximum Gasteiger partial charge on any atom is 0.364 e. The van der Waals surface area contributed by atoms with Crippen LogP contribution in [-0.4, -0.2) is 24.1 Å². The van der Waals surface area contributed by atoms with Crippen LogP contribution < -0.4 is 5.73 Å². The van der Waals surface area contributed by atoms with Crippen molar-refractivity contribution in [2.24, 2.45) is 0 Å². The number of carbonyl (C=O) groups excluding carboxylic acids is 1. The fourth-order valence-corrected chi connectivity index (χ4v) is 1.82. The van der Waals surface area contributed by atoms with Gasteiger partial charge in [-0.2, -0.15) is 0 Å². The Kier molecular flexibility index (Phi) is 2.92. The van der Waals surface area contributed by atoms with Crippen molar-refractivity contribution >= 4 is 16.9 Å². The van der Waals surface area contributed by atoms with Gasteiger partial charge >= 0.3 is 5.97 Å². The smallest absolute Gasteiger partial charge is 0.364 e. The minimum Gasteiger partial charge on any atom is -0.465 e. The van der Waals surface area contributed by atoms with E-state index in [4.69, 9.17) is 0 Å². The van der Waals surface area contributed by atoms with E-state index >= 15 is 0 Å². The van der Waals surface area contributed by atoms with E-state index < -0.39 is 0 Å². The van der Waals surface area contributed by atoms with Gasteiger partial charge in [0.2, 0.25) is 0 Å². The molecular formula is C12H15N2O2+. The normalized spacial score (nSPS) is 12.6. The number of hydrogen-bond donors (Lipinski definition) is 2. The molecule has 1 heterocycles. The highest BCUT2D eigenvalue weighted by Gasteiger charge is 2.19. The highest BCUT2D eigenvalue weighted by atomic mass is 16.5. The first-order valence-corrected chi connectivity index (χ1v) is 5.18. The second kappa shape index (κ2) is 4.37. The summed E-state index contributed by atoms with van der Waals surface area (Å²) in [6.45, 7) is 0. The Labute approximate surface area is 93.4 Å². The minimum atomic E-state index is -0.357. The summed E-state index contributed by atoms with van der Waals surface area (Å²) in [6, 6.07) is 7.64. The van der Waals surface area contributed by atoms with Gasteiger partial charge < -0.3 is 15.5 Å². The largest absolute Gasteiger partial charge is 0.465 e. The van der Waals surface area contributed by atoms with Crippen LogP contribution in [0.2, 0.25) is 0 Å². The summed E-state index contributed by atoms with van der Waals surface area (Å²) in [7, 11) is 1.38. The van der Waals surface area contributed by atoms with Crippen LogP contribution >= 0.6 is 0 Å². The predicted octanol–water partition coefficient (Wildman–Crippen LogP) is 0.494. The molecule has 84 valence electrons. The van der Waals surface area contributed by atoms with Gasteiger partial charge in [0, 0.05) is 23.5 Å². The molecule has 1 aromatic heterocycles. The predicted molar refractivity (Wildman–Crippen MR) is 60.7 cm³/mol. The zero-order valence-electron chi connectivity index (χ0n) is 9.19. The molecule has 0 unspecified atom stereocenters. The Morgan fingerprint density at radius 1 is 1.50 bits per heavy atom. The molecule has 2 aromatic rings. The third kappa shape index (κ3) is 1.92. The fraction of sp³-hybridized carbons (Fsp3) is 0.250. The number of esters is 1. The van der Waals surface area contributed by atoms with Crippen LogP contribution in [-0.2, 0) is 16.0 Å². The van der Waals surface area contributed by atoms with Crippen LogP contribution in [0.4, 0.5) is 0 Å². The van der Waals surface area contributed by atoms with E-state index in [1.165, 1.54) is 7.11 Å². The van der Waals surface area contributed by atoms with Gasteiger partial charge in [0.25, 0.3) is 0 Å². The number of methoxy groups -OCH3 is 1. The first kappa shape index (κ1) is 10.7. The van der Waals surface area contributed by atoms with Gasteiger partial charge in [0.15, 0.2) is 6.04 Å². The standard InChI is InChI=1S/C12H14N2O2/c1-16-12(15)10(13)6-8-7-14-11-5-3-2-4-9(8)11/h2-5,7,10,14H,6,13H2,1H3/p+1/t10-/m1/s1. The zero-order valence-corrected chi connectivity index (χ0v) is 9.19. The number of quaternary nitrogens is 1. The van der Waals surface area contributed by atoms with E-state index in [0.29, 0.717) is 6.42 Å². The number of fused-ring (bicyclic) bond motifs is 1. The van der Waals surface area contributed by atoms with Crippen LogP contribution in [0.25, 0.3) is 10.9 Å². The molecule has 0 saturated heterocycles. The molecule has 16 heavy (non-hydrogen) atoms. The molecule has 0 radical (unpaired) electrons. The van der Waals surface area contributed by atoms with Crippen LogP contribution in [0.15, 0.2) is 30.5 Å². The Morgan fingerprint density at radius 3 is 3.00 bits per heavy atom. The first-order valence-electron chi connectivity index (χ1n) is 5.18. The van der Waals surface area contributed by atoms with Crippen molar-refractivity contribution < 1.29 is 15.3 Å². The number of aromatic nitrogens is 1. The molecule has 4 N–H and O–H groups in total. The molecule has 1 atom stereocenters. The lowest BCUT2D eigenvalue weighted by molar-refractivity contribution is -0.407. The summed E-state index contributed by atoms with van der Waals surface area (Å²) in [5.74, 6) is -0.273. The van der Waals surface area contributed by atoms with Crippen molar-refractivity contribution in [1.82, 2.24) is 4.98 Å². The highest BCUT2D eigenvalue weighted by Crippen LogP contribution is 2.18. The molecule has 0 spiro atoms. The molecule has 4 heteroatoms. The van der Waals surface area contributed by atoms with Crippen molar-refractivity contribution in [3.05, 3.63) is 36.0 Å². The van der Waals surface area contributed by atoms with Crippen molar-refractivity contribution in [3.63, 3.8) is 0 Å². The minimum absolute atomic E-state index is 0.273. The lowest BCUT2D eigenvalue weighted by Gasteiger charge is -2.04. The molecule has 0 bridgehead atoms. The highest BCUT2D eigenvalue weighted by molar-refractivity contribution is 5.84. The molecule has 1 aromatic carbocycles. The average Bonchev–Trinajstić information content (AvgIpc) is 2.72. The number of H-pyrrole nitrogens is 1. The second-order valence-corrected chi connectivity index (χ2v) is 3.78. The van der Waals surface area contributed by atoms with Crippen molar-refractivity contribution in [1.29, 1.82) is 0 Å². The quantitative estimate of drug-likeness (QED) is 0.738. The van der Waals surface area contributed by atoms with Crippen molar-refractivity contribution in [3.8, 4) is 0 Å². The molecular weight excluding hydrogens is 204 g/mol. The Hall–Kier alpha value is -1.81. The summed E-state index contributed by atoms with van der Waals surface area (Å²) < 4.78 is 4.66. The van der Waals surface area contributed by atoms with Crippen LogP contribution in [0.3, 0.4) is 0 Å². The van der Waals surface area contributed by atoms with Gasteiger partial charge in [-0.1, -0.05) is 18.2 Å². The van der Waals surface area contributed by atoms with E-state index in [1.807, 2.05) is 30.5 Å². The number of rotatable bonds is 3. The zero-order chi connectivity index (χ0) is 11.5. The topological polar surface area (TPSA) is 69.7 Å². The van der Waals surface area contributed by atoms with Gasteiger partial charge in [0.05, 0.1) is 7.11 Å². The molecule has 0 fully saturated rings. The average molecular weight is 219 g/mol. The Balaban J connectivity index is 2.24. The van der Waals surface area contributed by atoms with E-state index in [0.717, 1.165) is 16.5 Å². The third-order valence-corrected chi connectivity index (χ3v) is 2.68. The summed E-state index contributed by atoms with van der Waals surface area (Å²) in [4.78, 5) is 14.4. The lowest BCUT2D eigenvalue weighted by atomic mass is 10.1. The first-order chi connectivity index (χ1) is 7.72. The van der Waals surface area contributed by atoms with Gasteiger partial charge in [-0.3, -0.25) is 0 Å². The maximum atomic E-state index is 11.3. The summed E-state index contributed by atoms with van der Waals surface area (Å²) in [5.41, 5.74) is 5.98. The Morgan fingerprint density at radius 2 is 2.25 bits per heavy atom. The van der Waals surface area contributed by atoms with E-state index in [9.17, 15) is 4.79 Å². The number of para-hydroxylation sites is 1. The third-order valence-electron chi connectivity index (χ3n) is 2.68. The number of nitrogens with one attached hydrogen (secondary N) is 1. The monoisotopic (exact) mass is 219 g/mol. The van der Waals surface area contributed by atoms with E-state index in [2.05, 4.69) is 15.5 Å².